The van der Waals surface area contributed by atoms with Gasteiger partial charge >= 0.3 is 6.36 Å². The highest BCUT2D eigenvalue weighted by Gasteiger charge is 2.31. The number of halogens is 4. The molecule has 124 valence electrons. The number of aromatic nitrogens is 1. The van der Waals surface area contributed by atoms with Crippen LogP contribution in [0.4, 0.5) is 18.9 Å². The molecule has 2 N–H and O–H groups in total. The van der Waals surface area contributed by atoms with Crippen LogP contribution in [0.1, 0.15) is 10.5 Å². The van der Waals surface area contributed by atoms with Crippen molar-refractivity contribution in [3.8, 4) is 5.75 Å². The molecule has 3 rings (SSSR count). The average molecular weight is 399 g/mol. The summed E-state index contributed by atoms with van der Waals surface area (Å²) in [5, 5.41) is 3.51. The summed E-state index contributed by atoms with van der Waals surface area (Å²) < 4.78 is 40.7. The van der Waals surface area contributed by atoms with Crippen molar-refractivity contribution in [3.63, 3.8) is 0 Å². The molecule has 3 aromatic rings. The minimum absolute atomic E-state index is 0.272. The zero-order valence-electron chi connectivity index (χ0n) is 11.9. The minimum atomic E-state index is -4.77. The number of benzene rings is 2. The predicted octanol–water partition coefficient (Wildman–Crippen LogP) is 5.08. The van der Waals surface area contributed by atoms with Crippen LogP contribution in [0.3, 0.4) is 0 Å². The molecule has 4 nitrogen and oxygen atoms in total. The van der Waals surface area contributed by atoms with Gasteiger partial charge in [-0.25, -0.2) is 0 Å². The van der Waals surface area contributed by atoms with E-state index >= 15 is 0 Å². The largest absolute Gasteiger partial charge is 0.573 e. The van der Waals surface area contributed by atoms with Crippen LogP contribution in [0.5, 0.6) is 5.75 Å². The predicted molar refractivity (Wildman–Crippen MR) is 87.1 cm³/mol. The molecule has 0 atom stereocenters. The van der Waals surface area contributed by atoms with Crippen molar-refractivity contribution in [2.75, 3.05) is 5.32 Å². The number of alkyl halides is 3. The molecule has 8 heteroatoms. The molecule has 1 amide bonds. The number of hydrogen-bond acceptors (Lipinski definition) is 2. The maximum Gasteiger partial charge on any atom is 0.573 e. The van der Waals surface area contributed by atoms with E-state index < -0.39 is 12.3 Å². The number of carbonyl (C=O) groups is 1. The number of nitrogens with one attached hydrogen (secondary N) is 2. The summed E-state index contributed by atoms with van der Waals surface area (Å²) >= 11 is 3.12. The Morgan fingerprint density at radius 3 is 2.54 bits per heavy atom. The Labute approximate surface area is 142 Å². The summed E-state index contributed by atoms with van der Waals surface area (Å²) in [4.78, 5) is 15.3. The van der Waals surface area contributed by atoms with Crippen LogP contribution < -0.4 is 10.1 Å². The molecule has 2 aromatic carbocycles. The molecule has 0 saturated carbocycles. The van der Waals surface area contributed by atoms with Crippen molar-refractivity contribution >= 4 is 38.4 Å². The second-order valence-electron chi connectivity index (χ2n) is 4.91. The first kappa shape index (κ1) is 16.4. The Morgan fingerprint density at radius 1 is 1.12 bits per heavy atom. The van der Waals surface area contributed by atoms with Crippen molar-refractivity contribution in [3.05, 3.63) is 58.7 Å². The first-order chi connectivity index (χ1) is 11.3. The lowest BCUT2D eigenvalue weighted by atomic mass is 10.2. The second-order valence-corrected chi connectivity index (χ2v) is 5.77. The maximum absolute atomic E-state index is 12.3. The van der Waals surface area contributed by atoms with Gasteiger partial charge in [0.1, 0.15) is 11.4 Å². The fraction of sp³-hybridized carbons (Fsp3) is 0.0625. The van der Waals surface area contributed by atoms with E-state index in [-0.39, 0.29) is 10.2 Å². The topological polar surface area (TPSA) is 54.1 Å². The summed E-state index contributed by atoms with van der Waals surface area (Å²) in [6, 6.07) is 12.7. The molecular weight excluding hydrogens is 389 g/mol. The highest BCUT2D eigenvalue weighted by Crippen LogP contribution is 2.31. The average Bonchev–Trinajstić information content (AvgIpc) is 2.92. The molecule has 0 unspecified atom stereocenters. The van der Waals surface area contributed by atoms with E-state index in [0.29, 0.717) is 11.4 Å². The molecule has 0 aliphatic heterocycles. The monoisotopic (exact) mass is 398 g/mol. The number of amides is 1. The molecule has 0 saturated heterocycles. The van der Waals surface area contributed by atoms with Gasteiger partial charge in [0, 0.05) is 15.4 Å². The second kappa shape index (κ2) is 6.20. The van der Waals surface area contributed by atoms with E-state index in [2.05, 4.69) is 31.0 Å². The highest BCUT2D eigenvalue weighted by atomic mass is 79.9. The molecule has 0 fully saturated rings. The Bertz CT molecular complexity index is 873. The third-order valence-corrected chi connectivity index (χ3v) is 3.85. The fourth-order valence-electron chi connectivity index (χ4n) is 2.18. The lowest BCUT2D eigenvalue weighted by Gasteiger charge is -2.11. The van der Waals surface area contributed by atoms with Crippen molar-refractivity contribution in [1.82, 2.24) is 4.98 Å². The smallest absolute Gasteiger partial charge is 0.406 e. The van der Waals surface area contributed by atoms with E-state index in [1.165, 1.54) is 6.07 Å². The van der Waals surface area contributed by atoms with Gasteiger partial charge in [0.15, 0.2) is 0 Å². The summed E-state index contributed by atoms with van der Waals surface area (Å²) in [7, 11) is 0. The molecule has 24 heavy (non-hydrogen) atoms. The molecule has 0 radical (unpaired) electrons. The van der Waals surface area contributed by atoms with Crippen LogP contribution >= 0.6 is 15.9 Å². The van der Waals surface area contributed by atoms with Gasteiger partial charge in [0.05, 0.1) is 5.69 Å². The van der Waals surface area contributed by atoms with Crippen molar-refractivity contribution < 1.29 is 22.7 Å². The summed E-state index contributed by atoms with van der Waals surface area (Å²) in [6.07, 6.45) is -4.77. The third-order valence-electron chi connectivity index (χ3n) is 3.20. The normalized spacial score (nSPS) is 11.5. The van der Waals surface area contributed by atoms with Gasteiger partial charge in [-0.05, 0) is 46.3 Å². The van der Waals surface area contributed by atoms with Gasteiger partial charge in [-0.3, -0.25) is 4.79 Å². The lowest BCUT2D eigenvalue weighted by Crippen LogP contribution is -2.17. The van der Waals surface area contributed by atoms with Gasteiger partial charge < -0.3 is 15.0 Å². The van der Waals surface area contributed by atoms with E-state index in [4.69, 9.17) is 0 Å². The van der Waals surface area contributed by atoms with Gasteiger partial charge in [-0.2, -0.15) is 0 Å². The van der Waals surface area contributed by atoms with Gasteiger partial charge in [-0.15, -0.1) is 13.2 Å². The van der Waals surface area contributed by atoms with Crippen LogP contribution in [-0.2, 0) is 0 Å². The molecule has 0 bridgehead atoms. The Kier molecular flexibility index (Phi) is 4.23. The van der Waals surface area contributed by atoms with Gasteiger partial charge in [-0.1, -0.05) is 18.2 Å². The molecule has 0 aliphatic rings. The minimum Gasteiger partial charge on any atom is -0.406 e. The van der Waals surface area contributed by atoms with Gasteiger partial charge in [0.2, 0.25) is 0 Å². The number of para-hydroxylation sites is 1. The Morgan fingerprint density at radius 2 is 1.88 bits per heavy atom. The summed E-state index contributed by atoms with van der Waals surface area (Å²) in [5.41, 5.74) is 1.49. The van der Waals surface area contributed by atoms with E-state index in [9.17, 15) is 18.0 Å². The standard InChI is InChI=1S/C16H10BrF3N2O2/c17-11-8-10(24-16(18,19)20)5-6-13(11)22-15(23)14-7-9-3-1-2-4-12(9)21-14/h1-8,21H,(H,22,23). The highest BCUT2D eigenvalue weighted by molar-refractivity contribution is 9.10. The number of aromatic amines is 1. The van der Waals surface area contributed by atoms with Gasteiger partial charge in [0.25, 0.3) is 5.91 Å². The Hall–Kier alpha value is -2.48. The Balaban J connectivity index is 1.79. The number of anilines is 1. The number of carbonyl (C=O) groups excluding carboxylic acids is 1. The molecular formula is C16H10BrF3N2O2. The first-order valence-corrected chi connectivity index (χ1v) is 7.55. The number of hydrogen-bond donors (Lipinski definition) is 2. The van der Waals surface area contributed by atoms with Crippen LogP contribution in [-0.4, -0.2) is 17.3 Å². The molecule has 1 aromatic heterocycles. The van der Waals surface area contributed by atoms with Crippen molar-refractivity contribution in [2.24, 2.45) is 0 Å². The number of fused-ring (bicyclic) bond motifs is 1. The van der Waals surface area contributed by atoms with Crippen LogP contribution in [0.15, 0.2) is 53.0 Å². The lowest BCUT2D eigenvalue weighted by molar-refractivity contribution is -0.274. The van der Waals surface area contributed by atoms with E-state index in [0.717, 1.165) is 23.0 Å². The zero-order chi connectivity index (χ0) is 17.3. The van der Waals surface area contributed by atoms with E-state index in [1.54, 1.807) is 6.07 Å². The van der Waals surface area contributed by atoms with Crippen molar-refractivity contribution in [2.45, 2.75) is 6.36 Å². The molecule has 0 spiro atoms. The molecule has 0 aliphatic carbocycles. The van der Waals surface area contributed by atoms with Crippen LogP contribution in [0.25, 0.3) is 10.9 Å². The van der Waals surface area contributed by atoms with E-state index in [1.807, 2.05) is 24.3 Å². The zero-order valence-corrected chi connectivity index (χ0v) is 13.5. The quantitative estimate of drug-likeness (QED) is 0.646. The third kappa shape index (κ3) is 3.70. The summed E-state index contributed by atoms with van der Waals surface area (Å²) in [6.45, 7) is 0. The SMILES string of the molecule is O=C(Nc1ccc(OC(F)(F)F)cc1Br)c1cc2ccccc2[nH]1. The molecule has 1 heterocycles. The van der Waals surface area contributed by atoms with Crippen LogP contribution in [0, 0.1) is 0 Å². The number of ether oxygens (including phenoxy) is 1. The van der Waals surface area contributed by atoms with Crippen molar-refractivity contribution in [1.29, 1.82) is 0 Å². The number of rotatable bonds is 3. The van der Waals surface area contributed by atoms with Crippen LogP contribution in [0.2, 0.25) is 0 Å². The summed E-state index contributed by atoms with van der Waals surface area (Å²) in [5.74, 6) is -0.783. The maximum atomic E-state index is 12.3. The number of H-pyrrole nitrogens is 1. The first-order valence-electron chi connectivity index (χ1n) is 6.76. The fourth-order valence-corrected chi connectivity index (χ4v) is 2.64.